The molecule has 0 saturated carbocycles. The molecule has 0 aliphatic rings. The Morgan fingerprint density at radius 3 is 2.40 bits per heavy atom. The average molecular weight is 281 g/mol. The highest BCUT2D eigenvalue weighted by atomic mass is 16.4. The Hall–Kier alpha value is -1.78. The number of nitrogens with zero attached hydrogens (tertiary/aromatic N) is 1. The molecule has 1 rings (SSSR count). The normalized spacial score (nSPS) is 10.8. The fourth-order valence-corrected chi connectivity index (χ4v) is 1.99. The number of aryl methyl sites for hydroxylation is 1. The second-order valence-electron chi connectivity index (χ2n) is 5.23. The van der Waals surface area contributed by atoms with E-state index in [2.05, 4.69) is 0 Å². The first-order valence-corrected chi connectivity index (χ1v) is 6.96. The first-order valence-electron chi connectivity index (χ1n) is 6.96. The van der Waals surface area contributed by atoms with E-state index in [1.54, 1.807) is 4.90 Å². The first-order chi connectivity index (χ1) is 9.40. The number of amides is 1. The predicted molar refractivity (Wildman–Crippen MR) is 75.2 cm³/mol. The Balaban J connectivity index is 2.48. The summed E-state index contributed by atoms with van der Waals surface area (Å²) in [6.45, 7) is 6.26. The number of hydrogen-bond acceptors (Lipinski definition) is 3. The lowest BCUT2D eigenvalue weighted by atomic mass is 10.1. The number of carboxylic acid groups (broad SMARTS) is 1. The van der Waals surface area contributed by atoms with Crippen LogP contribution in [0.15, 0.2) is 16.5 Å². The number of carboxylic acids is 1. The Morgan fingerprint density at radius 1 is 1.25 bits per heavy atom. The number of carbonyl (C=O) groups is 2. The number of unbranched alkanes of at least 4 members (excludes halogenated alkanes) is 1. The zero-order chi connectivity index (χ0) is 15.1. The minimum Gasteiger partial charge on any atom is -0.481 e. The summed E-state index contributed by atoms with van der Waals surface area (Å²) in [6, 6.07) is 3.85. The molecule has 0 aliphatic heterocycles. The third-order valence-electron chi connectivity index (χ3n) is 3.10. The lowest BCUT2D eigenvalue weighted by Crippen LogP contribution is -2.36. The zero-order valence-corrected chi connectivity index (χ0v) is 12.4. The molecule has 5 nitrogen and oxygen atoms in total. The molecule has 0 spiro atoms. The lowest BCUT2D eigenvalue weighted by molar-refractivity contribution is -0.138. The standard InChI is InChI=1S/C15H23NO4/c1-11(2)16(10-13-9-8-12(3)20-13)14(17)6-4-5-7-15(18)19/h8-9,11H,4-7,10H2,1-3H3,(H,18,19). The van der Waals surface area contributed by atoms with E-state index in [1.807, 2.05) is 32.9 Å². The number of carbonyl (C=O) groups excluding carboxylic acids is 1. The fraction of sp³-hybridized carbons (Fsp3) is 0.600. The maximum absolute atomic E-state index is 12.2. The summed E-state index contributed by atoms with van der Waals surface area (Å²) in [5.74, 6) is 0.830. The lowest BCUT2D eigenvalue weighted by Gasteiger charge is -2.26. The molecular weight excluding hydrogens is 258 g/mol. The molecule has 0 aromatic carbocycles. The van der Waals surface area contributed by atoms with Crippen molar-refractivity contribution in [1.82, 2.24) is 4.90 Å². The van der Waals surface area contributed by atoms with E-state index in [0.29, 0.717) is 25.8 Å². The summed E-state index contributed by atoms with van der Waals surface area (Å²) in [4.78, 5) is 24.4. The minimum absolute atomic E-state index is 0.0411. The topological polar surface area (TPSA) is 70.8 Å². The van der Waals surface area contributed by atoms with Crippen molar-refractivity contribution in [2.75, 3.05) is 0 Å². The minimum atomic E-state index is -0.816. The highest BCUT2D eigenvalue weighted by molar-refractivity contribution is 5.76. The second kappa shape index (κ2) is 7.72. The summed E-state index contributed by atoms with van der Waals surface area (Å²) in [6.07, 6.45) is 1.63. The van der Waals surface area contributed by atoms with Crippen LogP contribution in [0.4, 0.5) is 0 Å². The van der Waals surface area contributed by atoms with Crippen LogP contribution in [-0.4, -0.2) is 27.9 Å². The number of hydrogen-bond donors (Lipinski definition) is 1. The van der Waals surface area contributed by atoms with Crippen LogP contribution in [0.5, 0.6) is 0 Å². The monoisotopic (exact) mass is 281 g/mol. The quantitative estimate of drug-likeness (QED) is 0.744. The van der Waals surface area contributed by atoms with Gasteiger partial charge in [0.15, 0.2) is 0 Å². The molecule has 0 radical (unpaired) electrons. The summed E-state index contributed by atoms with van der Waals surface area (Å²) < 4.78 is 5.50. The third-order valence-corrected chi connectivity index (χ3v) is 3.10. The van der Waals surface area contributed by atoms with E-state index >= 15 is 0 Å². The van der Waals surface area contributed by atoms with E-state index < -0.39 is 5.97 Å². The zero-order valence-electron chi connectivity index (χ0n) is 12.4. The van der Waals surface area contributed by atoms with Crippen LogP contribution in [0.25, 0.3) is 0 Å². The second-order valence-corrected chi connectivity index (χ2v) is 5.23. The van der Waals surface area contributed by atoms with Gasteiger partial charge in [0.2, 0.25) is 5.91 Å². The van der Waals surface area contributed by atoms with E-state index in [9.17, 15) is 9.59 Å². The van der Waals surface area contributed by atoms with Crippen LogP contribution in [0.2, 0.25) is 0 Å². The molecule has 5 heteroatoms. The van der Waals surface area contributed by atoms with Gasteiger partial charge in [0, 0.05) is 18.9 Å². The molecule has 0 unspecified atom stereocenters. The van der Waals surface area contributed by atoms with Gasteiger partial charge in [-0.2, -0.15) is 0 Å². The maximum Gasteiger partial charge on any atom is 0.303 e. The van der Waals surface area contributed by atoms with Crippen LogP contribution in [0, 0.1) is 6.92 Å². The van der Waals surface area contributed by atoms with Crippen LogP contribution in [0.1, 0.15) is 51.1 Å². The molecule has 20 heavy (non-hydrogen) atoms. The van der Waals surface area contributed by atoms with E-state index in [4.69, 9.17) is 9.52 Å². The molecule has 1 amide bonds. The number of furan rings is 1. The molecule has 1 aromatic heterocycles. The largest absolute Gasteiger partial charge is 0.481 e. The van der Waals surface area contributed by atoms with Gasteiger partial charge in [0.25, 0.3) is 0 Å². The van der Waals surface area contributed by atoms with Crippen molar-refractivity contribution in [3.8, 4) is 0 Å². The van der Waals surface area contributed by atoms with Crippen LogP contribution >= 0.6 is 0 Å². The van der Waals surface area contributed by atoms with Crippen molar-refractivity contribution in [2.45, 2.75) is 59.0 Å². The van der Waals surface area contributed by atoms with Gasteiger partial charge in [0.1, 0.15) is 11.5 Å². The average Bonchev–Trinajstić information content (AvgIpc) is 2.76. The van der Waals surface area contributed by atoms with E-state index in [1.165, 1.54) is 0 Å². The Kier molecular flexibility index (Phi) is 6.28. The molecule has 0 bridgehead atoms. The predicted octanol–water partition coefficient (Wildman–Crippen LogP) is 2.97. The van der Waals surface area contributed by atoms with Gasteiger partial charge in [-0.05, 0) is 45.7 Å². The van der Waals surface area contributed by atoms with Crippen molar-refractivity contribution in [3.05, 3.63) is 23.7 Å². The molecule has 1 N–H and O–H groups in total. The summed E-state index contributed by atoms with van der Waals surface area (Å²) >= 11 is 0. The van der Waals surface area contributed by atoms with Crippen molar-refractivity contribution in [3.63, 3.8) is 0 Å². The van der Waals surface area contributed by atoms with Gasteiger partial charge >= 0.3 is 5.97 Å². The highest BCUT2D eigenvalue weighted by Gasteiger charge is 2.18. The molecule has 0 saturated heterocycles. The van der Waals surface area contributed by atoms with Gasteiger partial charge in [-0.25, -0.2) is 0 Å². The number of aliphatic carboxylic acids is 1. The van der Waals surface area contributed by atoms with E-state index in [-0.39, 0.29) is 18.4 Å². The third kappa shape index (κ3) is 5.47. The molecule has 1 heterocycles. The summed E-state index contributed by atoms with van der Waals surface area (Å²) in [5.41, 5.74) is 0. The molecule has 1 aromatic rings. The van der Waals surface area contributed by atoms with Crippen molar-refractivity contribution in [2.24, 2.45) is 0 Å². The first kappa shape index (κ1) is 16.3. The van der Waals surface area contributed by atoms with Gasteiger partial charge in [-0.15, -0.1) is 0 Å². The fourth-order valence-electron chi connectivity index (χ4n) is 1.99. The van der Waals surface area contributed by atoms with Crippen LogP contribution in [-0.2, 0) is 16.1 Å². The van der Waals surface area contributed by atoms with Crippen molar-refractivity contribution >= 4 is 11.9 Å². The van der Waals surface area contributed by atoms with Crippen molar-refractivity contribution in [1.29, 1.82) is 0 Å². The maximum atomic E-state index is 12.2. The highest BCUT2D eigenvalue weighted by Crippen LogP contribution is 2.14. The molecular formula is C15H23NO4. The van der Waals surface area contributed by atoms with Crippen LogP contribution < -0.4 is 0 Å². The van der Waals surface area contributed by atoms with Crippen LogP contribution in [0.3, 0.4) is 0 Å². The summed E-state index contributed by atoms with van der Waals surface area (Å²) in [5, 5.41) is 8.57. The smallest absolute Gasteiger partial charge is 0.303 e. The molecule has 112 valence electrons. The van der Waals surface area contributed by atoms with Crippen molar-refractivity contribution < 1.29 is 19.1 Å². The summed E-state index contributed by atoms with van der Waals surface area (Å²) in [7, 11) is 0. The van der Waals surface area contributed by atoms with E-state index in [0.717, 1.165) is 11.5 Å². The Labute approximate surface area is 119 Å². The van der Waals surface area contributed by atoms with Gasteiger partial charge in [-0.1, -0.05) is 0 Å². The molecule has 0 fully saturated rings. The molecule has 0 atom stereocenters. The Bertz CT molecular complexity index is 450. The number of rotatable bonds is 8. The van der Waals surface area contributed by atoms with Gasteiger partial charge in [0.05, 0.1) is 6.54 Å². The molecule has 0 aliphatic carbocycles. The van der Waals surface area contributed by atoms with Gasteiger partial charge in [-0.3, -0.25) is 9.59 Å². The van der Waals surface area contributed by atoms with Gasteiger partial charge < -0.3 is 14.4 Å². The Morgan fingerprint density at radius 2 is 1.90 bits per heavy atom. The SMILES string of the molecule is Cc1ccc(CN(C(=O)CCCCC(=O)O)C(C)C)o1.